The van der Waals surface area contributed by atoms with E-state index in [4.69, 9.17) is 5.73 Å². The molecule has 0 spiro atoms. The minimum atomic E-state index is 0.530. The Bertz CT molecular complexity index is 359. The van der Waals surface area contributed by atoms with Gasteiger partial charge < -0.3 is 10.6 Å². The number of nitrogens with two attached hydrogens (primary N) is 1. The fourth-order valence-corrected chi connectivity index (χ4v) is 1.60. The fraction of sp³-hybridized carbons (Fsp3) is 0.400. The van der Waals surface area contributed by atoms with E-state index in [1.807, 2.05) is 0 Å². The Morgan fingerprint density at radius 2 is 2.36 bits per heavy atom. The zero-order chi connectivity index (χ0) is 9.97. The SMILES string of the molecule is CC1=CCCN(c2nccc(N)n2)C1. The van der Waals surface area contributed by atoms with Crippen LogP contribution >= 0.6 is 0 Å². The molecule has 14 heavy (non-hydrogen) atoms. The molecule has 4 nitrogen and oxygen atoms in total. The van der Waals surface area contributed by atoms with E-state index in [-0.39, 0.29) is 0 Å². The monoisotopic (exact) mass is 190 g/mol. The zero-order valence-electron chi connectivity index (χ0n) is 8.27. The van der Waals surface area contributed by atoms with Gasteiger partial charge in [0.25, 0.3) is 0 Å². The van der Waals surface area contributed by atoms with Crippen LogP contribution in [-0.4, -0.2) is 23.1 Å². The molecule has 1 aliphatic heterocycles. The summed E-state index contributed by atoms with van der Waals surface area (Å²) in [7, 11) is 0. The highest BCUT2D eigenvalue weighted by Crippen LogP contribution is 2.15. The average Bonchev–Trinajstić information content (AvgIpc) is 2.18. The van der Waals surface area contributed by atoms with Gasteiger partial charge in [-0.2, -0.15) is 4.98 Å². The van der Waals surface area contributed by atoms with Gasteiger partial charge in [-0.3, -0.25) is 0 Å². The van der Waals surface area contributed by atoms with E-state index in [9.17, 15) is 0 Å². The number of anilines is 2. The quantitative estimate of drug-likeness (QED) is 0.676. The third-order valence-electron chi connectivity index (χ3n) is 2.28. The Labute approximate surface area is 83.5 Å². The first kappa shape index (κ1) is 8.99. The smallest absolute Gasteiger partial charge is 0.227 e. The van der Waals surface area contributed by atoms with Crippen LogP contribution < -0.4 is 10.6 Å². The summed E-state index contributed by atoms with van der Waals surface area (Å²) in [6.45, 7) is 4.00. The molecule has 0 atom stereocenters. The predicted molar refractivity (Wildman–Crippen MR) is 57.0 cm³/mol. The van der Waals surface area contributed by atoms with Gasteiger partial charge in [-0.05, 0) is 19.4 Å². The lowest BCUT2D eigenvalue weighted by Gasteiger charge is -2.25. The van der Waals surface area contributed by atoms with Crippen molar-refractivity contribution in [1.82, 2.24) is 9.97 Å². The summed E-state index contributed by atoms with van der Waals surface area (Å²) in [4.78, 5) is 10.5. The predicted octanol–water partition coefficient (Wildman–Crippen LogP) is 1.22. The van der Waals surface area contributed by atoms with Gasteiger partial charge in [-0.1, -0.05) is 11.6 Å². The Balaban J connectivity index is 2.19. The molecule has 0 aromatic carbocycles. The lowest BCUT2D eigenvalue weighted by molar-refractivity contribution is 0.762. The van der Waals surface area contributed by atoms with Crippen LogP contribution in [0.3, 0.4) is 0 Å². The Hall–Kier alpha value is -1.58. The topological polar surface area (TPSA) is 55.0 Å². The maximum absolute atomic E-state index is 5.61. The second-order valence-corrected chi connectivity index (χ2v) is 3.54. The van der Waals surface area contributed by atoms with Gasteiger partial charge in [0, 0.05) is 19.3 Å². The first-order valence-corrected chi connectivity index (χ1v) is 4.75. The van der Waals surface area contributed by atoms with E-state index < -0.39 is 0 Å². The highest BCUT2D eigenvalue weighted by Gasteiger charge is 2.12. The number of nitrogens with zero attached hydrogens (tertiary/aromatic N) is 3. The van der Waals surface area contributed by atoms with Crippen molar-refractivity contribution in [2.45, 2.75) is 13.3 Å². The van der Waals surface area contributed by atoms with Crippen molar-refractivity contribution in [3.8, 4) is 0 Å². The minimum Gasteiger partial charge on any atom is -0.384 e. The van der Waals surface area contributed by atoms with Gasteiger partial charge in [0.15, 0.2) is 0 Å². The standard InChI is InChI=1S/C10H14N4/c1-8-3-2-6-14(7-8)10-12-5-4-9(11)13-10/h3-5H,2,6-7H2,1H3,(H2,11,12,13). The molecule has 2 rings (SSSR count). The van der Waals surface area contributed by atoms with Gasteiger partial charge >= 0.3 is 0 Å². The van der Waals surface area contributed by atoms with Crippen LogP contribution in [0.4, 0.5) is 11.8 Å². The summed E-state index contributed by atoms with van der Waals surface area (Å²) >= 11 is 0. The summed E-state index contributed by atoms with van der Waals surface area (Å²) in [6.07, 6.45) is 5.01. The van der Waals surface area contributed by atoms with Crippen LogP contribution in [0.1, 0.15) is 13.3 Å². The van der Waals surface area contributed by atoms with E-state index in [1.165, 1.54) is 5.57 Å². The second-order valence-electron chi connectivity index (χ2n) is 3.54. The van der Waals surface area contributed by atoms with Crippen molar-refractivity contribution >= 4 is 11.8 Å². The maximum atomic E-state index is 5.61. The fourth-order valence-electron chi connectivity index (χ4n) is 1.60. The first-order chi connectivity index (χ1) is 6.75. The minimum absolute atomic E-state index is 0.530. The molecular weight excluding hydrogens is 176 g/mol. The lowest BCUT2D eigenvalue weighted by Crippen LogP contribution is -2.30. The molecule has 1 aromatic rings. The van der Waals surface area contributed by atoms with E-state index in [0.29, 0.717) is 5.82 Å². The summed E-state index contributed by atoms with van der Waals surface area (Å²) < 4.78 is 0. The molecule has 2 N–H and O–H groups in total. The summed E-state index contributed by atoms with van der Waals surface area (Å²) in [6, 6.07) is 1.70. The highest BCUT2D eigenvalue weighted by atomic mass is 15.3. The third kappa shape index (κ3) is 1.84. The molecule has 74 valence electrons. The molecule has 0 bridgehead atoms. The molecular formula is C10H14N4. The molecule has 0 amide bonds. The number of hydrogen-bond acceptors (Lipinski definition) is 4. The van der Waals surface area contributed by atoms with Gasteiger partial charge in [0.2, 0.25) is 5.95 Å². The van der Waals surface area contributed by atoms with Crippen LogP contribution in [0.25, 0.3) is 0 Å². The molecule has 0 unspecified atom stereocenters. The highest BCUT2D eigenvalue weighted by molar-refractivity contribution is 5.40. The largest absolute Gasteiger partial charge is 0.384 e. The summed E-state index contributed by atoms with van der Waals surface area (Å²) in [5.74, 6) is 1.26. The van der Waals surface area contributed by atoms with Gasteiger partial charge in [-0.15, -0.1) is 0 Å². The lowest BCUT2D eigenvalue weighted by atomic mass is 10.1. The van der Waals surface area contributed by atoms with Crippen LogP contribution in [-0.2, 0) is 0 Å². The van der Waals surface area contributed by atoms with Crippen molar-refractivity contribution in [2.75, 3.05) is 23.7 Å². The van der Waals surface area contributed by atoms with Crippen molar-refractivity contribution in [2.24, 2.45) is 0 Å². The Morgan fingerprint density at radius 3 is 3.07 bits per heavy atom. The van der Waals surface area contributed by atoms with Crippen molar-refractivity contribution < 1.29 is 0 Å². The number of hydrogen-bond donors (Lipinski definition) is 1. The van der Waals surface area contributed by atoms with Crippen LogP contribution in [0.15, 0.2) is 23.9 Å². The Kier molecular flexibility index (Phi) is 2.35. The van der Waals surface area contributed by atoms with Gasteiger partial charge in [0.1, 0.15) is 5.82 Å². The molecule has 0 saturated heterocycles. The van der Waals surface area contributed by atoms with E-state index in [2.05, 4.69) is 27.9 Å². The summed E-state index contributed by atoms with van der Waals surface area (Å²) in [5, 5.41) is 0. The number of rotatable bonds is 1. The average molecular weight is 190 g/mol. The number of nitrogen functional groups attached to an aromatic ring is 1. The van der Waals surface area contributed by atoms with Crippen molar-refractivity contribution in [3.63, 3.8) is 0 Å². The molecule has 0 radical (unpaired) electrons. The zero-order valence-corrected chi connectivity index (χ0v) is 8.27. The second kappa shape index (κ2) is 3.65. The number of aromatic nitrogens is 2. The molecule has 1 aliphatic rings. The molecule has 0 aliphatic carbocycles. The van der Waals surface area contributed by atoms with Crippen LogP contribution in [0.2, 0.25) is 0 Å². The van der Waals surface area contributed by atoms with E-state index in [0.717, 1.165) is 25.5 Å². The van der Waals surface area contributed by atoms with Crippen LogP contribution in [0, 0.1) is 0 Å². The van der Waals surface area contributed by atoms with Crippen molar-refractivity contribution in [1.29, 1.82) is 0 Å². The molecule has 2 heterocycles. The van der Waals surface area contributed by atoms with E-state index in [1.54, 1.807) is 12.3 Å². The molecule has 0 saturated carbocycles. The molecule has 1 aromatic heterocycles. The van der Waals surface area contributed by atoms with E-state index >= 15 is 0 Å². The maximum Gasteiger partial charge on any atom is 0.227 e. The van der Waals surface area contributed by atoms with Gasteiger partial charge in [0.05, 0.1) is 0 Å². The molecule has 0 fully saturated rings. The van der Waals surface area contributed by atoms with Crippen molar-refractivity contribution in [3.05, 3.63) is 23.9 Å². The Morgan fingerprint density at radius 1 is 1.50 bits per heavy atom. The third-order valence-corrected chi connectivity index (χ3v) is 2.28. The summed E-state index contributed by atoms with van der Waals surface area (Å²) in [5.41, 5.74) is 6.97. The first-order valence-electron chi connectivity index (χ1n) is 4.75. The normalized spacial score (nSPS) is 16.6. The van der Waals surface area contributed by atoms with Crippen LogP contribution in [0.5, 0.6) is 0 Å². The molecule has 4 heteroatoms. The van der Waals surface area contributed by atoms with Gasteiger partial charge in [-0.25, -0.2) is 4.98 Å².